The zero-order valence-electron chi connectivity index (χ0n) is 17.5. The summed E-state index contributed by atoms with van der Waals surface area (Å²) in [6.45, 7) is 2.23. The summed E-state index contributed by atoms with van der Waals surface area (Å²) in [4.78, 5) is 25.4. The van der Waals surface area contributed by atoms with E-state index in [9.17, 15) is 9.59 Å². The number of hydrogen-bond donors (Lipinski definition) is 2. The zero-order valence-corrected chi connectivity index (χ0v) is 17.5. The fourth-order valence-electron chi connectivity index (χ4n) is 3.53. The number of amides is 2. The van der Waals surface area contributed by atoms with Gasteiger partial charge in [0, 0.05) is 16.9 Å². The Morgan fingerprint density at radius 3 is 2.58 bits per heavy atom. The summed E-state index contributed by atoms with van der Waals surface area (Å²) >= 11 is 0. The van der Waals surface area contributed by atoms with Crippen molar-refractivity contribution in [1.82, 2.24) is 0 Å². The molecule has 0 aromatic heterocycles. The van der Waals surface area contributed by atoms with Crippen LogP contribution < -0.4 is 20.1 Å². The molecule has 3 aromatic carbocycles. The highest BCUT2D eigenvalue weighted by Gasteiger charge is 2.27. The Kier molecular flexibility index (Phi) is 5.89. The van der Waals surface area contributed by atoms with E-state index in [1.165, 1.54) is 0 Å². The summed E-state index contributed by atoms with van der Waals surface area (Å²) in [5, 5.41) is 5.87. The molecule has 158 valence electrons. The minimum absolute atomic E-state index is 0.122. The predicted molar refractivity (Wildman–Crippen MR) is 120 cm³/mol. The van der Waals surface area contributed by atoms with Gasteiger partial charge >= 0.3 is 0 Å². The third kappa shape index (κ3) is 4.69. The Bertz CT molecular complexity index is 1110. The van der Waals surface area contributed by atoms with Crippen LogP contribution in [0.2, 0.25) is 0 Å². The van der Waals surface area contributed by atoms with E-state index >= 15 is 0 Å². The predicted octanol–water partition coefficient (Wildman–Crippen LogP) is 4.45. The molecule has 1 heterocycles. The van der Waals surface area contributed by atoms with E-state index in [1.807, 2.05) is 55.5 Å². The maximum atomic E-state index is 12.9. The van der Waals surface area contributed by atoms with Gasteiger partial charge in [-0.1, -0.05) is 24.3 Å². The molecule has 0 fully saturated rings. The first-order chi connectivity index (χ1) is 15.0. The third-order valence-corrected chi connectivity index (χ3v) is 5.33. The number of nitrogens with one attached hydrogen (secondary N) is 2. The zero-order chi connectivity index (χ0) is 21.8. The van der Waals surface area contributed by atoms with Gasteiger partial charge in [0.05, 0.1) is 13.0 Å². The third-order valence-electron chi connectivity index (χ3n) is 5.33. The first-order valence-electron chi connectivity index (χ1n) is 10.1. The van der Waals surface area contributed by atoms with Crippen LogP contribution in [-0.4, -0.2) is 25.5 Å². The lowest BCUT2D eigenvalue weighted by Crippen LogP contribution is -2.32. The molecule has 2 N–H and O–H groups in total. The Morgan fingerprint density at radius 2 is 1.81 bits per heavy atom. The van der Waals surface area contributed by atoms with Crippen molar-refractivity contribution in [2.45, 2.75) is 13.3 Å². The Morgan fingerprint density at radius 1 is 1.00 bits per heavy atom. The monoisotopic (exact) mass is 416 g/mol. The Balaban J connectivity index is 1.45. The molecule has 1 unspecified atom stereocenters. The van der Waals surface area contributed by atoms with E-state index in [1.54, 1.807) is 25.3 Å². The number of carbonyl (C=O) groups excluding carboxylic acids is 2. The van der Waals surface area contributed by atoms with Crippen molar-refractivity contribution < 1.29 is 19.1 Å². The number of aryl methyl sites for hydroxylation is 1. The van der Waals surface area contributed by atoms with Gasteiger partial charge < -0.3 is 20.1 Å². The van der Waals surface area contributed by atoms with Crippen molar-refractivity contribution in [1.29, 1.82) is 0 Å². The normalized spacial score (nSPS) is 14.7. The minimum atomic E-state index is -0.318. The van der Waals surface area contributed by atoms with Crippen LogP contribution >= 0.6 is 0 Å². The van der Waals surface area contributed by atoms with Crippen LogP contribution in [0.4, 0.5) is 11.4 Å². The molecule has 1 atom stereocenters. The van der Waals surface area contributed by atoms with Crippen LogP contribution in [0.1, 0.15) is 21.5 Å². The van der Waals surface area contributed by atoms with Gasteiger partial charge in [0.25, 0.3) is 5.91 Å². The maximum Gasteiger partial charge on any atom is 0.255 e. The fraction of sp³-hybridized carbons (Fsp3) is 0.200. The standard InChI is InChI=1S/C25H24N2O4/c1-16-8-9-20(26-24(28)17-6-4-3-5-7-17)14-22(16)27-25(29)19-12-18-13-21(30-2)10-11-23(18)31-15-19/h3-11,13-14,19H,12,15H2,1-2H3,(H,26,28)(H,27,29). The lowest BCUT2D eigenvalue weighted by molar-refractivity contribution is -0.121. The highest BCUT2D eigenvalue weighted by atomic mass is 16.5. The molecule has 0 spiro atoms. The largest absolute Gasteiger partial charge is 0.497 e. The van der Waals surface area contributed by atoms with E-state index in [-0.39, 0.29) is 17.7 Å². The molecule has 3 aromatic rings. The molecular formula is C25H24N2O4. The molecule has 0 saturated carbocycles. The molecule has 1 aliphatic heterocycles. The number of fused-ring (bicyclic) bond motifs is 1. The molecule has 31 heavy (non-hydrogen) atoms. The summed E-state index contributed by atoms with van der Waals surface area (Å²) in [5.41, 5.74) is 3.70. The van der Waals surface area contributed by atoms with Gasteiger partial charge in [-0.3, -0.25) is 9.59 Å². The topological polar surface area (TPSA) is 76.7 Å². The molecule has 2 amide bonds. The van der Waals surface area contributed by atoms with Gasteiger partial charge in [0.2, 0.25) is 5.91 Å². The molecule has 0 saturated heterocycles. The van der Waals surface area contributed by atoms with Crippen LogP contribution in [-0.2, 0) is 11.2 Å². The quantitative estimate of drug-likeness (QED) is 0.644. The van der Waals surface area contributed by atoms with Crippen LogP contribution in [0.5, 0.6) is 11.5 Å². The average Bonchev–Trinajstić information content (AvgIpc) is 2.81. The Labute approximate surface area is 181 Å². The highest BCUT2D eigenvalue weighted by Crippen LogP contribution is 2.31. The van der Waals surface area contributed by atoms with E-state index < -0.39 is 0 Å². The van der Waals surface area contributed by atoms with Crippen LogP contribution in [0.15, 0.2) is 66.7 Å². The van der Waals surface area contributed by atoms with Crippen molar-refractivity contribution in [2.24, 2.45) is 5.92 Å². The van der Waals surface area contributed by atoms with Gasteiger partial charge in [-0.2, -0.15) is 0 Å². The van der Waals surface area contributed by atoms with Gasteiger partial charge in [-0.05, 0) is 66.9 Å². The minimum Gasteiger partial charge on any atom is -0.497 e. The van der Waals surface area contributed by atoms with Crippen molar-refractivity contribution in [3.05, 3.63) is 83.4 Å². The van der Waals surface area contributed by atoms with Crippen molar-refractivity contribution in [3.63, 3.8) is 0 Å². The van der Waals surface area contributed by atoms with Gasteiger partial charge in [0.1, 0.15) is 18.1 Å². The number of ether oxygens (including phenoxy) is 2. The smallest absolute Gasteiger partial charge is 0.255 e. The lowest BCUT2D eigenvalue weighted by atomic mass is 9.95. The average molecular weight is 416 g/mol. The Hall–Kier alpha value is -3.80. The molecule has 0 bridgehead atoms. The summed E-state index contributed by atoms with van der Waals surface area (Å²) < 4.78 is 11.1. The van der Waals surface area contributed by atoms with Gasteiger partial charge in [-0.25, -0.2) is 0 Å². The molecule has 4 rings (SSSR count). The molecule has 0 aliphatic carbocycles. The molecule has 0 radical (unpaired) electrons. The number of carbonyl (C=O) groups is 2. The summed E-state index contributed by atoms with van der Waals surface area (Å²) in [5.74, 6) is 0.880. The van der Waals surface area contributed by atoms with Crippen LogP contribution in [0, 0.1) is 12.8 Å². The SMILES string of the molecule is COc1ccc2c(c1)CC(C(=O)Nc1cc(NC(=O)c3ccccc3)ccc1C)CO2. The summed E-state index contributed by atoms with van der Waals surface area (Å²) in [6.07, 6.45) is 0.571. The lowest BCUT2D eigenvalue weighted by Gasteiger charge is -2.25. The highest BCUT2D eigenvalue weighted by molar-refractivity contribution is 6.04. The van der Waals surface area contributed by atoms with E-state index in [0.29, 0.717) is 30.0 Å². The molecule has 6 nitrogen and oxygen atoms in total. The number of benzene rings is 3. The second-order valence-electron chi connectivity index (χ2n) is 7.52. The molecule has 6 heteroatoms. The van der Waals surface area contributed by atoms with Gasteiger partial charge in [0.15, 0.2) is 0 Å². The van der Waals surface area contributed by atoms with Crippen molar-refractivity contribution in [2.75, 3.05) is 24.4 Å². The molecular weight excluding hydrogens is 392 g/mol. The maximum absolute atomic E-state index is 12.9. The van der Waals surface area contributed by atoms with Crippen LogP contribution in [0.3, 0.4) is 0 Å². The van der Waals surface area contributed by atoms with Gasteiger partial charge in [-0.15, -0.1) is 0 Å². The second kappa shape index (κ2) is 8.92. The van der Waals surface area contributed by atoms with E-state index in [4.69, 9.17) is 9.47 Å². The fourth-order valence-corrected chi connectivity index (χ4v) is 3.53. The van der Waals surface area contributed by atoms with E-state index in [2.05, 4.69) is 10.6 Å². The van der Waals surface area contributed by atoms with Crippen LogP contribution in [0.25, 0.3) is 0 Å². The first-order valence-corrected chi connectivity index (χ1v) is 10.1. The number of methoxy groups -OCH3 is 1. The van der Waals surface area contributed by atoms with Crippen molar-refractivity contribution >= 4 is 23.2 Å². The first kappa shape index (κ1) is 20.5. The number of hydrogen-bond acceptors (Lipinski definition) is 4. The second-order valence-corrected chi connectivity index (χ2v) is 7.52. The van der Waals surface area contributed by atoms with Crippen molar-refractivity contribution in [3.8, 4) is 11.5 Å². The summed E-state index contributed by atoms with van der Waals surface area (Å²) in [7, 11) is 1.61. The summed E-state index contributed by atoms with van der Waals surface area (Å²) in [6, 6.07) is 20.1. The van der Waals surface area contributed by atoms with E-state index in [0.717, 1.165) is 22.6 Å². The molecule has 1 aliphatic rings. The number of rotatable bonds is 5. The number of anilines is 2.